The molecule has 0 bridgehead atoms. The Kier molecular flexibility index (Phi) is 8.24. The van der Waals surface area contributed by atoms with E-state index in [-0.39, 0.29) is 35.4 Å². The van der Waals surface area contributed by atoms with Crippen LogP contribution >= 0.6 is 30.1 Å². The van der Waals surface area contributed by atoms with Gasteiger partial charge in [-0.25, -0.2) is 0 Å². The van der Waals surface area contributed by atoms with Gasteiger partial charge in [-0.15, -0.1) is 0 Å². The summed E-state index contributed by atoms with van der Waals surface area (Å²) in [5, 5.41) is 2.85. The number of amides is 1. The average molecular weight is 538 g/mol. The number of nitrogens with zero attached hydrogens (tertiary/aromatic N) is 2. The monoisotopic (exact) mass is 538 g/mol. The van der Waals surface area contributed by atoms with Gasteiger partial charge in [-0.3, -0.25) is 9.59 Å². The van der Waals surface area contributed by atoms with Gasteiger partial charge in [0.25, 0.3) is 5.91 Å². The molecule has 0 spiro atoms. The summed E-state index contributed by atoms with van der Waals surface area (Å²) >= 11 is 2.06. The summed E-state index contributed by atoms with van der Waals surface area (Å²) in [4.78, 5) is 28.2. The Labute approximate surface area is 192 Å². The molecule has 0 fully saturated rings. The molecule has 0 radical (unpaired) electrons. The molecule has 30 heavy (non-hydrogen) atoms. The zero-order valence-electron chi connectivity index (χ0n) is 16.9. The summed E-state index contributed by atoms with van der Waals surface area (Å²) in [7, 11) is 1.30. The van der Waals surface area contributed by atoms with Crippen molar-refractivity contribution in [2.24, 2.45) is 0 Å². The maximum atomic E-state index is 13.3. The topological polar surface area (TPSA) is 60.8 Å². The number of carbonyl (C=O) groups excluding carboxylic acids is 1. The highest BCUT2D eigenvalue weighted by Gasteiger charge is 2.35. The van der Waals surface area contributed by atoms with E-state index in [0.717, 1.165) is 5.56 Å². The molecular weight excluding hydrogens is 515 g/mol. The lowest BCUT2D eigenvalue weighted by Gasteiger charge is -2.37. The number of carbonyl (C=O) groups is 1. The maximum absolute atomic E-state index is 13.3. The van der Waals surface area contributed by atoms with Crippen LogP contribution in [0.3, 0.4) is 0 Å². The third kappa shape index (κ3) is 5.02. The minimum Gasteiger partial charge on any atom is -0.483 e. The van der Waals surface area contributed by atoms with Crippen LogP contribution in [0.2, 0.25) is 0 Å². The SMILES string of the molecule is CCOC[C@H]1Cn2cc(C#CSI)c(=O)c(OCc3ccccc3)c2C(=O)N1CC. The largest absolute Gasteiger partial charge is 0.483 e. The van der Waals surface area contributed by atoms with Gasteiger partial charge in [-0.1, -0.05) is 30.3 Å². The number of likely N-dealkylation sites (N-methyl/N-ethyl adjacent to an activating group) is 1. The van der Waals surface area contributed by atoms with E-state index in [0.29, 0.717) is 31.9 Å². The van der Waals surface area contributed by atoms with E-state index in [1.54, 1.807) is 15.7 Å². The summed E-state index contributed by atoms with van der Waals surface area (Å²) in [6.07, 6.45) is 1.66. The average Bonchev–Trinajstić information content (AvgIpc) is 2.76. The van der Waals surface area contributed by atoms with Crippen molar-refractivity contribution in [2.75, 3.05) is 19.8 Å². The van der Waals surface area contributed by atoms with Gasteiger partial charge >= 0.3 is 0 Å². The van der Waals surface area contributed by atoms with E-state index < -0.39 is 0 Å². The van der Waals surface area contributed by atoms with E-state index in [9.17, 15) is 9.59 Å². The number of benzene rings is 1. The van der Waals surface area contributed by atoms with Crippen molar-refractivity contribution >= 4 is 36.0 Å². The van der Waals surface area contributed by atoms with Gasteiger partial charge in [0.15, 0.2) is 11.4 Å². The highest BCUT2D eigenvalue weighted by Crippen LogP contribution is 2.25. The van der Waals surface area contributed by atoms with Crippen molar-refractivity contribution in [3.8, 4) is 16.9 Å². The summed E-state index contributed by atoms with van der Waals surface area (Å²) in [5.41, 5.74) is 1.15. The van der Waals surface area contributed by atoms with Gasteiger partial charge in [0.2, 0.25) is 5.43 Å². The van der Waals surface area contributed by atoms with Crippen LogP contribution < -0.4 is 10.2 Å². The van der Waals surface area contributed by atoms with Crippen LogP contribution in [0.25, 0.3) is 0 Å². The van der Waals surface area contributed by atoms with Crippen molar-refractivity contribution in [1.82, 2.24) is 9.47 Å². The number of hydrogen-bond acceptors (Lipinski definition) is 5. The highest BCUT2D eigenvalue weighted by atomic mass is 127. The lowest BCUT2D eigenvalue weighted by molar-refractivity contribution is 0.0339. The van der Waals surface area contributed by atoms with E-state index >= 15 is 0 Å². The van der Waals surface area contributed by atoms with Gasteiger partial charge in [0, 0.05) is 47.1 Å². The minimum atomic E-state index is -0.359. The molecule has 1 aromatic heterocycles. The fourth-order valence-electron chi connectivity index (χ4n) is 3.46. The Hall–Kier alpha value is -1.96. The lowest BCUT2D eigenvalue weighted by Crippen LogP contribution is -2.51. The fourth-order valence-corrected chi connectivity index (χ4v) is 3.93. The molecule has 1 atom stereocenters. The second kappa shape index (κ2) is 10.9. The number of pyridine rings is 1. The second-order valence-corrected chi connectivity index (χ2v) is 8.36. The molecule has 8 heteroatoms. The van der Waals surface area contributed by atoms with Gasteiger partial charge < -0.3 is 18.9 Å². The van der Waals surface area contributed by atoms with E-state index in [1.165, 1.54) is 8.93 Å². The quantitative estimate of drug-likeness (QED) is 0.398. The first-order chi connectivity index (χ1) is 14.6. The Balaban J connectivity index is 2.06. The Bertz CT molecular complexity index is 1010. The Morgan fingerprint density at radius 3 is 2.67 bits per heavy atom. The lowest BCUT2D eigenvalue weighted by atomic mass is 10.1. The molecule has 2 aromatic rings. The molecule has 1 aliphatic heterocycles. The Morgan fingerprint density at radius 1 is 1.23 bits per heavy atom. The number of halogens is 1. The standard InChI is InChI=1S/C22H23IN2O4S/c1-3-25-18(15-28-4-2)13-24-12-17(10-11-30-23)20(26)21(19(24)22(25)27)29-14-16-8-6-5-7-9-16/h5-9,12,18H,3-4,13-15H2,1-2H3/t18-/m1/s1. The van der Waals surface area contributed by atoms with Crippen molar-refractivity contribution in [3.63, 3.8) is 0 Å². The van der Waals surface area contributed by atoms with Crippen LogP contribution in [0.1, 0.15) is 35.5 Å². The van der Waals surface area contributed by atoms with Crippen molar-refractivity contribution in [1.29, 1.82) is 0 Å². The molecule has 1 amide bonds. The first kappa shape index (κ1) is 22.7. The van der Waals surface area contributed by atoms with Crippen molar-refractivity contribution < 1.29 is 14.3 Å². The first-order valence-corrected chi connectivity index (χ1v) is 13.1. The molecule has 2 heterocycles. The van der Waals surface area contributed by atoms with Crippen LogP contribution in [0.4, 0.5) is 0 Å². The summed E-state index contributed by atoms with van der Waals surface area (Å²) < 4.78 is 13.3. The highest BCUT2D eigenvalue weighted by molar-refractivity contribution is 14.2. The molecule has 6 nitrogen and oxygen atoms in total. The summed E-state index contributed by atoms with van der Waals surface area (Å²) in [6.45, 7) is 6.10. The fraction of sp³-hybridized carbons (Fsp3) is 0.364. The number of ether oxygens (including phenoxy) is 2. The van der Waals surface area contributed by atoms with E-state index in [1.807, 2.05) is 44.2 Å². The predicted molar refractivity (Wildman–Crippen MR) is 127 cm³/mol. The molecule has 1 aromatic carbocycles. The number of hydrogen-bond donors (Lipinski definition) is 0. The molecule has 0 saturated heterocycles. The number of rotatable bonds is 7. The summed E-state index contributed by atoms with van der Waals surface area (Å²) in [5.74, 6) is 2.72. The molecular formula is C22H23IN2O4S. The van der Waals surface area contributed by atoms with Crippen LogP contribution in [0.15, 0.2) is 41.3 Å². The van der Waals surface area contributed by atoms with Crippen molar-refractivity contribution in [3.05, 3.63) is 63.6 Å². The molecule has 1 aliphatic rings. The molecule has 0 N–H and O–H groups in total. The van der Waals surface area contributed by atoms with Crippen LogP contribution in [-0.2, 0) is 17.9 Å². The van der Waals surface area contributed by atoms with Crippen LogP contribution in [-0.4, -0.2) is 41.2 Å². The van der Waals surface area contributed by atoms with Crippen molar-refractivity contribution in [2.45, 2.75) is 33.0 Å². The molecule has 0 unspecified atom stereocenters. The Morgan fingerprint density at radius 2 is 2.00 bits per heavy atom. The summed E-state index contributed by atoms with van der Waals surface area (Å²) in [6, 6.07) is 9.45. The third-order valence-electron chi connectivity index (χ3n) is 4.86. The van der Waals surface area contributed by atoms with E-state index in [4.69, 9.17) is 9.47 Å². The van der Waals surface area contributed by atoms with Gasteiger partial charge in [-0.05, 0) is 39.5 Å². The van der Waals surface area contributed by atoms with E-state index in [2.05, 4.69) is 32.4 Å². The molecule has 0 saturated carbocycles. The minimum absolute atomic E-state index is 0.0578. The zero-order valence-corrected chi connectivity index (χ0v) is 19.9. The van der Waals surface area contributed by atoms with Gasteiger partial charge in [-0.2, -0.15) is 0 Å². The first-order valence-electron chi connectivity index (χ1n) is 9.72. The number of aromatic nitrogens is 1. The number of fused-ring (bicyclic) bond motifs is 1. The normalized spacial score (nSPS) is 15.4. The molecule has 158 valence electrons. The third-order valence-corrected chi connectivity index (χ3v) is 5.69. The van der Waals surface area contributed by atoms with Gasteiger partial charge in [0.1, 0.15) is 6.61 Å². The zero-order chi connectivity index (χ0) is 21.5. The smallest absolute Gasteiger partial charge is 0.274 e. The molecule has 0 aliphatic carbocycles. The van der Waals surface area contributed by atoms with Gasteiger partial charge in [0.05, 0.1) is 18.2 Å². The second-order valence-electron chi connectivity index (χ2n) is 6.68. The van der Waals surface area contributed by atoms with Crippen LogP contribution in [0, 0.1) is 11.2 Å². The van der Waals surface area contributed by atoms with Crippen LogP contribution in [0.5, 0.6) is 5.75 Å². The molecule has 3 rings (SSSR count). The predicted octanol–water partition coefficient (Wildman–Crippen LogP) is 3.70. The maximum Gasteiger partial charge on any atom is 0.274 e.